The Morgan fingerprint density at radius 1 is 1.09 bits per heavy atom. The zero-order chi connectivity index (χ0) is 15.5. The highest BCUT2D eigenvalue weighted by Crippen LogP contribution is 2.24. The van der Waals surface area contributed by atoms with Crippen LogP contribution >= 0.6 is 0 Å². The SMILES string of the molecule is CC(C(=O)NC1CC1)N1CCC(C(=O)c2ccccc2)CC1. The van der Waals surface area contributed by atoms with Crippen LogP contribution in [0.5, 0.6) is 0 Å². The molecular formula is C18H24N2O2. The molecule has 1 N–H and O–H groups in total. The lowest BCUT2D eigenvalue weighted by atomic mass is 9.88. The van der Waals surface area contributed by atoms with E-state index in [1.54, 1.807) is 0 Å². The van der Waals surface area contributed by atoms with E-state index < -0.39 is 0 Å². The predicted molar refractivity (Wildman–Crippen MR) is 85.7 cm³/mol. The first-order valence-electron chi connectivity index (χ1n) is 8.29. The number of benzene rings is 1. The van der Waals surface area contributed by atoms with E-state index in [1.807, 2.05) is 37.3 Å². The van der Waals surface area contributed by atoms with Crippen LogP contribution in [0.2, 0.25) is 0 Å². The topological polar surface area (TPSA) is 49.4 Å². The third-order valence-electron chi connectivity index (χ3n) is 4.81. The molecule has 1 heterocycles. The number of carbonyl (C=O) groups is 2. The number of hydrogen-bond donors (Lipinski definition) is 1. The molecule has 1 atom stereocenters. The second-order valence-electron chi connectivity index (χ2n) is 6.50. The van der Waals surface area contributed by atoms with Crippen LogP contribution in [-0.4, -0.2) is 41.8 Å². The number of hydrogen-bond acceptors (Lipinski definition) is 3. The monoisotopic (exact) mass is 300 g/mol. The Morgan fingerprint density at radius 3 is 2.32 bits per heavy atom. The highest BCUT2D eigenvalue weighted by Gasteiger charge is 2.32. The van der Waals surface area contributed by atoms with E-state index in [-0.39, 0.29) is 23.7 Å². The molecule has 0 aromatic heterocycles. The predicted octanol–water partition coefficient (Wildman–Crippen LogP) is 2.25. The van der Waals surface area contributed by atoms with Gasteiger partial charge in [-0.15, -0.1) is 0 Å². The Kier molecular flexibility index (Phi) is 4.57. The van der Waals surface area contributed by atoms with Gasteiger partial charge in [0.05, 0.1) is 6.04 Å². The molecule has 1 aromatic rings. The van der Waals surface area contributed by atoms with Gasteiger partial charge in [-0.3, -0.25) is 14.5 Å². The van der Waals surface area contributed by atoms with Gasteiger partial charge in [0.2, 0.25) is 5.91 Å². The van der Waals surface area contributed by atoms with Gasteiger partial charge in [0, 0.05) is 17.5 Å². The summed E-state index contributed by atoms with van der Waals surface area (Å²) in [5.74, 6) is 0.475. The van der Waals surface area contributed by atoms with Crippen LogP contribution in [0.1, 0.15) is 43.0 Å². The fourth-order valence-corrected chi connectivity index (χ4v) is 3.10. The highest BCUT2D eigenvalue weighted by atomic mass is 16.2. The normalized spacial score (nSPS) is 21.3. The van der Waals surface area contributed by atoms with Crippen LogP contribution in [0, 0.1) is 5.92 Å². The maximum Gasteiger partial charge on any atom is 0.237 e. The summed E-state index contributed by atoms with van der Waals surface area (Å²) in [5.41, 5.74) is 0.806. The number of nitrogens with one attached hydrogen (secondary N) is 1. The zero-order valence-electron chi connectivity index (χ0n) is 13.1. The van der Waals surface area contributed by atoms with Crippen molar-refractivity contribution < 1.29 is 9.59 Å². The Labute approximate surface area is 131 Å². The zero-order valence-corrected chi connectivity index (χ0v) is 13.1. The minimum atomic E-state index is -0.0895. The number of amides is 1. The number of nitrogens with zero attached hydrogens (tertiary/aromatic N) is 1. The molecule has 0 radical (unpaired) electrons. The first kappa shape index (κ1) is 15.2. The molecule has 22 heavy (non-hydrogen) atoms. The molecule has 1 aliphatic carbocycles. The van der Waals surface area contributed by atoms with Gasteiger partial charge in [-0.25, -0.2) is 0 Å². The summed E-state index contributed by atoms with van der Waals surface area (Å²) in [6, 6.07) is 9.85. The molecule has 1 aromatic carbocycles. The fourth-order valence-electron chi connectivity index (χ4n) is 3.10. The first-order chi connectivity index (χ1) is 10.6. The number of likely N-dealkylation sites (tertiary alicyclic amines) is 1. The van der Waals surface area contributed by atoms with E-state index in [0.29, 0.717) is 6.04 Å². The number of Topliss-reactive ketones (excluding diaryl/α,β-unsaturated/α-hetero) is 1. The number of ketones is 1. The van der Waals surface area contributed by atoms with E-state index in [2.05, 4.69) is 10.2 Å². The Morgan fingerprint density at radius 2 is 1.73 bits per heavy atom. The summed E-state index contributed by atoms with van der Waals surface area (Å²) >= 11 is 0. The Hall–Kier alpha value is -1.68. The van der Waals surface area contributed by atoms with Crippen LogP contribution in [0.3, 0.4) is 0 Å². The number of piperidine rings is 1. The summed E-state index contributed by atoms with van der Waals surface area (Å²) in [4.78, 5) is 26.8. The molecule has 118 valence electrons. The van der Waals surface area contributed by atoms with Crippen LogP contribution in [0.25, 0.3) is 0 Å². The van der Waals surface area contributed by atoms with E-state index in [1.165, 1.54) is 0 Å². The summed E-state index contributed by atoms with van der Waals surface area (Å²) < 4.78 is 0. The minimum absolute atomic E-state index is 0.0895. The second-order valence-corrected chi connectivity index (χ2v) is 6.50. The average molecular weight is 300 g/mol. The van der Waals surface area contributed by atoms with Gasteiger partial charge in [-0.2, -0.15) is 0 Å². The average Bonchev–Trinajstić information content (AvgIpc) is 3.38. The molecule has 2 fully saturated rings. The Bertz CT molecular complexity index is 531. The van der Waals surface area contributed by atoms with Crippen LogP contribution < -0.4 is 5.32 Å². The Balaban J connectivity index is 1.51. The fraction of sp³-hybridized carbons (Fsp3) is 0.556. The van der Waals surface area contributed by atoms with Gasteiger partial charge in [0.25, 0.3) is 0 Å². The highest BCUT2D eigenvalue weighted by molar-refractivity contribution is 5.97. The van der Waals surface area contributed by atoms with E-state index in [9.17, 15) is 9.59 Å². The smallest absolute Gasteiger partial charge is 0.237 e. The molecule has 0 bridgehead atoms. The molecule has 0 spiro atoms. The molecule has 2 aliphatic rings. The van der Waals surface area contributed by atoms with Crippen molar-refractivity contribution in [2.24, 2.45) is 5.92 Å². The van der Waals surface area contributed by atoms with Crippen LogP contribution in [-0.2, 0) is 4.79 Å². The lowest BCUT2D eigenvalue weighted by molar-refractivity contribution is -0.126. The lowest BCUT2D eigenvalue weighted by Crippen LogP contribution is -2.49. The first-order valence-corrected chi connectivity index (χ1v) is 8.29. The minimum Gasteiger partial charge on any atom is -0.352 e. The molecular weight excluding hydrogens is 276 g/mol. The second kappa shape index (κ2) is 6.61. The maximum absolute atomic E-state index is 12.5. The van der Waals surface area contributed by atoms with Gasteiger partial charge in [0.1, 0.15) is 0 Å². The van der Waals surface area contributed by atoms with E-state index >= 15 is 0 Å². The summed E-state index contributed by atoms with van der Waals surface area (Å²) in [6.45, 7) is 3.61. The van der Waals surface area contributed by atoms with Gasteiger partial charge in [0.15, 0.2) is 5.78 Å². The van der Waals surface area contributed by atoms with Crippen molar-refractivity contribution in [3.8, 4) is 0 Å². The molecule has 4 heteroatoms. The number of rotatable bonds is 5. The van der Waals surface area contributed by atoms with Crippen molar-refractivity contribution in [2.75, 3.05) is 13.1 Å². The van der Waals surface area contributed by atoms with Gasteiger partial charge >= 0.3 is 0 Å². The summed E-state index contributed by atoms with van der Waals surface area (Å²) in [5, 5.41) is 3.06. The third-order valence-corrected chi connectivity index (χ3v) is 4.81. The lowest BCUT2D eigenvalue weighted by Gasteiger charge is -2.34. The van der Waals surface area contributed by atoms with E-state index in [4.69, 9.17) is 0 Å². The summed E-state index contributed by atoms with van der Waals surface area (Å²) in [6.07, 6.45) is 3.92. The molecule has 1 unspecified atom stereocenters. The maximum atomic E-state index is 12.5. The van der Waals surface area contributed by atoms with Gasteiger partial charge < -0.3 is 5.32 Å². The van der Waals surface area contributed by atoms with Crippen LogP contribution in [0.4, 0.5) is 0 Å². The third kappa shape index (κ3) is 3.55. The molecule has 1 saturated carbocycles. The van der Waals surface area contributed by atoms with Crippen molar-refractivity contribution >= 4 is 11.7 Å². The number of carbonyl (C=O) groups excluding carboxylic acids is 2. The van der Waals surface area contributed by atoms with Crippen molar-refractivity contribution in [2.45, 2.75) is 44.7 Å². The van der Waals surface area contributed by atoms with Crippen molar-refractivity contribution in [3.63, 3.8) is 0 Å². The quantitative estimate of drug-likeness (QED) is 0.849. The molecule has 1 aliphatic heterocycles. The van der Waals surface area contributed by atoms with Crippen molar-refractivity contribution in [1.29, 1.82) is 0 Å². The van der Waals surface area contributed by atoms with E-state index in [0.717, 1.165) is 44.3 Å². The van der Waals surface area contributed by atoms with Gasteiger partial charge in [-0.1, -0.05) is 30.3 Å². The summed E-state index contributed by atoms with van der Waals surface area (Å²) in [7, 11) is 0. The van der Waals surface area contributed by atoms with Crippen LogP contribution in [0.15, 0.2) is 30.3 Å². The molecule has 1 saturated heterocycles. The van der Waals surface area contributed by atoms with Gasteiger partial charge in [-0.05, 0) is 45.7 Å². The van der Waals surface area contributed by atoms with Crippen molar-refractivity contribution in [1.82, 2.24) is 10.2 Å². The molecule has 1 amide bonds. The molecule has 4 nitrogen and oxygen atoms in total. The van der Waals surface area contributed by atoms with Crippen molar-refractivity contribution in [3.05, 3.63) is 35.9 Å². The largest absolute Gasteiger partial charge is 0.352 e. The molecule has 3 rings (SSSR count). The standard InChI is InChI=1S/C18H24N2O2/c1-13(18(22)19-16-7-8-16)20-11-9-15(10-12-20)17(21)14-5-3-2-4-6-14/h2-6,13,15-16H,7-12H2,1H3,(H,19,22).